The monoisotopic (exact) mass is 281 g/mol. The molecule has 2 N–H and O–H groups in total. The lowest BCUT2D eigenvalue weighted by Crippen LogP contribution is -2.35. The summed E-state index contributed by atoms with van der Waals surface area (Å²) in [5, 5.41) is 12.0. The Labute approximate surface area is 103 Å². The lowest BCUT2D eigenvalue weighted by atomic mass is 10.3. The number of nitrogens with one attached hydrogen (secondary N) is 1. The van der Waals surface area contributed by atoms with Crippen LogP contribution in [0.3, 0.4) is 0 Å². The Balaban J connectivity index is 2.94. The van der Waals surface area contributed by atoms with Crippen molar-refractivity contribution in [1.82, 2.24) is 14.5 Å². The molecule has 0 radical (unpaired) electrons. The topological polar surface area (TPSA) is 101 Å². The Hall–Kier alpha value is -1.12. The van der Waals surface area contributed by atoms with E-state index in [-0.39, 0.29) is 16.5 Å². The molecule has 0 bridgehead atoms. The predicted molar refractivity (Wildman–Crippen MR) is 60.3 cm³/mol. The average molecular weight is 282 g/mol. The Kier molecular flexibility index (Phi) is 4.12. The van der Waals surface area contributed by atoms with E-state index in [1.807, 2.05) is 0 Å². The van der Waals surface area contributed by atoms with Crippen molar-refractivity contribution in [3.8, 4) is 0 Å². The number of aromatic nitrogens is 2. The smallest absolute Gasteiger partial charge is 0.304 e. The molecule has 0 saturated carbocycles. The summed E-state index contributed by atoms with van der Waals surface area (Å²) in [6.07, 6.45) is 0.896. The number of carbonyl (C=O) groups is 1. The molecule has 17 heavy (non-hydrogen) atoms. The normalized spacial score (nSPS) is 13.6. The average Bonchev–Trinajstić information content (AvgIpc) is 2.43. The molecule has 0 aliphatic carbocycles. The third kappa shape index (κ3) is 3.42. The minimum absolute atomic E-state index is 0.0116. The number of aryl methyl sites for hydroxylation is 1. The van der Waals surface area contributed by atoms with E-state index in [2.05, 4.69) is 9.82 Å². The van der Waals surface area contributed by atoms with Crippen LogP contribution in [0.5, 0.6) is 0 Å². The fourth-order valence-corrected chi connectivity index (χ4v) is 3.23. The molecule has 0 aliphatic rings. The SMILES string of the molecule is CC(CC(=O)O)NS(=O)(=O)c1c(Cl)cnn1C. The second-order valence-electron chi connectivity index (χ2n) is 3.54. The van der Waals surface area contributed by atoms with Gasteiger partial charge in [-0.2, -0.15) is 5.10 Å². The van der Waals surface area contributed by atoms with Crippen LogP contribution in [0.2, 0.25) is 5.02 Å². The Morgan fingerprint density at radius 2 is 2.29 bits per heavy atom. The molecule has 1 unspecified atom stereocenters. The van der Waals surface area contributed by atoms with Gasteiger partial charge in [0, 0.05) is 13.1 Å². The molecule has 1 aromatic rings. The highest BCUT2D eigenvalue weighted by Crippen LogP contribution is 2.19. The first-order valence-electron chi connectivity index (χ1n) is 4.65. The molecule has 0 amide bonds. The van der Waals surface area contributed by atoms with Crippen molar-refractivity contribution in [2.24, 2.45) is 7.05 Å². The lowest BCUT2D eigenvalue weighted by molar-refractivity contribution is -0.137. The van der Waals surface area contributed by atoms with Gasteiger partial charge in [0.25, 0.3) is 10.0 Å². The number of halogens is 1. The van der Waals surface area contributed by atoms with E-state index in [4.69, 9.17) is 16.7 Å². The van der Waals surface area contributed by atoms with Crippen molar-refractivity contribution < 1.29 is 18.3 Å². The standard InChI is InChI=1S/C8H12ClN3O4S/c1-5(3-7(13)14)11-17(15,16)8-6(9)4-10-12(8)2/h4-5,11H,3H2,1-2H3,(H,13,14). The number of hydrogen-bond donors (Lipinski definition) is 2. The maximum absolute atomic E-state index is 11.9. The van der Waals surface area contributed by atoms with Crippen molar-refractivity contribution in [3.63, 3.8) is 0 Å². The number of sulfonamides is 1. The van der Waals surface area contributed by atoms with Crippen molar-refractivity contribution in [3.05, 3.63) is 11.2 Å². The fraction of sp³-hybridized carbons (Fsp3) is 0.500. The van der Waals surface area contributed by atoms with Crippen molar-refractivity contribution in [2.75, 3.05) is 0 Å². The van der Waals surface area contributed by atoms with Gasteiger partial charge in [0.15, 0.2) is 5.03 Å². The largest absolute Gasteiger partial charge is 0.481 e. The Bertz CT molecular complexity index is 505. The number of rotatable bonds is 5. The molecular weight excluding hydrogens is 270 g/mol. The van der Waals surface area contributed by atoms with Crippen LogP contribution in [0.4, 0.5) is 0 Å². The lowest BCUT2D eigenvalue weighted by Gasteiger charge is -2.12. The van der Waals surface area contributed by atoms with Gasteiger partial charge in [-0.15, -0.1) is 0 Å². The predicted octanol–water partition coefficient (Wildman–Crippen LogP) is 0.215. The van der Waals surface area contributed by atoms with Crippen molar-refractivity contribution >= 4 is 27.6 Å². The highest BCUT2D eigenvalue weighted by Gasteiger charge is 2.25. The molecule has 0 spiro atoms. The molecule has 0 fully saturated rings. The van der Waals surface area contributed by atoms with E-state index in [1.165, 1.54) is 20.2 Å². The summed E-state index contributed by atoms with van der Waals surface area (Å²) in [5.74, 6) is -1.09. The summed E-state index contributed by atoms with van der Waals surface area (Å²) in [4.78, 5) is 10.4. The molecule has 9 heteroatoms. The molecular formula is C8H12ClN3O4S. The summed E-state index contributed by atoms with van der Waals surface area (Å²) in [6.45, 7) is 1.45. The van der Waals surface area contributed by atoms with Crippen LogP contribution < -0.4 is 4.72 Å². The van der Waals surface area contributed by atoms with E-state index >= 15 is 0 Å². The van der Waals surface area contributed by atoms with Gasteiger partial charge >= 0.3 is 5.97 Å². The fourth-order valence-electron chi connectivity index (χ4n) is 1.33. The van der Waals surface area contributed by atoms with Crippen LogP contribution >= 0.6 is 11.6 Å². The third-order valence-corrected chi connectivity index (χ3v) is 4.03. The van der Waals surface area contributed by atoms with Crippen LogP contribution in [0.15, 0.2) is 11.2 Å². The van der Waals surface area contributed by atoms with Crippen LogP contribution in [0.1, 0.15) is 13.3 Å². The first-order chi connectivity index (χ1) is 7.74. The molecule has 0 saturated heterocycles. The van der Waals surface area contributed by atoms with E-state index in [0.29, 0.717) is 0 Å². The third-order valence-electron chi connectivity index (χ3n) is 1.93. The van der Waals surface area contributed by atoms with Crippen molar-refractivity contribution in [2.45, 2.75) is 24.4 Å². The number of nitrogens with zero attached hydrogens (tertiary/aromatic N) is 2. The van der Waals surface area contributed by atoms with Gasteiger partial charge in [0.05, 0.1) is 17.6 Å². The minimum atomic E-state index is -3.87. The van der Waals surface area contributed by atoms with Crippen LogP contribution in [-0.2, 0) is 21.9 Å². The maximum atomic E-state index is 11.9. The first kappa shape index (κ1) is 13.9. The van der Waals surface area contributed by atoms with E-state index in [1.54, 1.807) is 0 Å². The van der Waals surface area contributed by atoms with Gasteiger partial charge in [-0.05, 0) is 6.92 Å². The van der Waals surface area contributed by atoms with Crippen LogP contribution in [-0.4, -0.2) is 35.3 Å². The maximum Gasteiger partial charge on any atom is 0.304 e. The van der Waals surface area contributed by atoms with E-state index in [0.717, 1.165) is 4.68 Å². The van der Waals surface area contributed by atoms with E-state index < -0.39 is 22.0 Å². The summed E-state index contributed by atoms with van der Waals surface area (Å²) >= 11 is 5.70. The summed E-state index contributed by atoms with van der Waals surface area (Å²) in [6, 6.07) is -0.733. The molecule has 1 heterocycles. The van der Waals surface area contributed by atoms with E-state index in [9.17, 15) is 13.2 Å². The molecule has 0 aromatic carbocycles. The quantitative estimate of drug-likeness (QED) is 0.804. The summed E-state index contributed by atoms with van der Waals surface area (Å²) < 4.78 is 27.1. The van der Waals surface area contributed by atoms with Crippen LogP contribution in [0.25, 0.3) is 0 Å². The number of carboxylic acid groups (broad SMARTS) is 1. The van der Waals surface area contributed by atoms with Gasteiger partial charge in [0.2, 0.25) is 0 Å². The molecule has 1 aromatic heterocycles. The van der Waals surface area contributed by atoms with Gasteiger partial charge in [-0.3, -0.25) is 9.48 Å². The van der Waals surface area contributed by atoms with Gasteiger partial charge in [-0.25, -0.2) is 13.1 Å². The molecule has 96 valence electrons. The van der Waals surface area contributed by atoms with Gasteiger partial charge in [-0.1, -0.05) is 11.6 Å². The number of aliphatic carboxylic acids is 1. The zero-order valence-electron chi connectivity index (χ0n) is 9.21. The second kappa shape index (κ2) is 5.03. The molecule has 7 nitrogen and oxygen atoms in total. The Morgan fingerprint density at radius 3 is 2.71 bits per heavy atom. The molecule has 0 aliphatic heterocycles. The zero-order chi connectivity index (χ0) is 13.2. The number of hydrogen-bond acceptors (Lipinski definition) is 4. The molecule has 1 atom stereocenters. The number of carboxylic acids is 1. The summed E-state index contributed by atoms with van der Waals surface area (Å²) in [5.41, 5.74) is 0. The minimum Gasteiger partial charge on any atom is -0.481 e. The van der Waals surface area contributed by atoms with Gasteiger partial charge < -0.3 is 5.11 Å². The van der Waals surface area contributed by atoms with Crippen molar-refractivity contribution in [1.29, 1.82) is 0 Å². The zero-order valence-corrected chi connectivity index (χ0v) is 10.8. The Morgan fingerprint density at radius 1 is 1.71 bits per heavy atom. The van der Waals surface area contributed by atoms with Gasteiger partial charge in [0.1, 0.15) is 0 Å². The highest BCUT2D eigenvalue weighted by atomic mass is 35.5. The van der Waals surface area contributed by atoms with Crippen LogP contribution in [0, 0.1) is 0 Å². The summed E-state index contributed by atoms with van der Waals surface area (Å²) in [7, 11) is -2.44. The molecule has 1 rings (SSSR count). The highest BCUT2D eigenvalue weighted by molar-refractivity contribution is 7.89. The second-order valence-corrected chi connectivity index (χ2v) is 5.58. The first-order valence-corrected chi connectivity index (χ1v) is 6.51.